The summed E-state index contributed by atoms with van der Waals surface area (Å²) in [6.07, 6.45) is 0.644. The van der Waals surface area contributed by atoms with Crippen molar-refractivity contribution in [1.29, 1.82) is 0 Å². The highest BCUT2D eigenvalue weighted by atomic mass is 16.7. The summed E-state index contributed by atoms with van der Waals surface area (Å²) < 4.78 is 21.5. The van der Waals surface area contributed by atoms with Crippen LogP contribution in [0.15, 0.2) is 30.3 Å². The van der Waals surface area contributed by atoms with E-state index in [2.05, 4.69) is 0 Å². The molecule has 0 bridgehead atoms. The zero-order chi connectivity index (χ0) is 16.3. The Morgan fingerprint density at radius 2 is 1.70 bits per heavy atom. The predicted octanol–water partition coefficient (Wildman–Crippen LogP) is 1.67. The number of rotatable bonds is 4. The first-order chi connectivity index (χ1) is 11.1. The molecule has 0 N–H and O–H groups in total. The van der Waals surface area contributed by atoms with Crippen molar-refractivity contribution in [2.45, 2.75) is 25.2 Å². The molecule has 0 aromatic heterocycles. The van der Waals surface area contributed by atoms with Crippen molar-refractivity contribution >= 4 is 11.9 Å². The Morgan fingerprint density at radius 1 is 1.09 bits per heavy atom. The molecule has 1 saturated heterocycles. The molecular weight excluding hydrogens is 300 g/mol. The molecule has 2 fully saturated rings. The minimum Gasteiger partial charge on any atom is -0.469 e. The van der Waals surface area contributed by atoms with E-state index in [1.165, 1.54) is 7.11 Å². The Morgan fingerprint density at radius 3 is 2.30 bits per heavy atom. The van der Waals surface area contributed by atoms with Gasteiger partial charge >= 0.3 is 11.9 Å². The largest absolute Gasteiger partial charge is 0.469 e. The van der Waals surface area contributed by atoms with Gasteiger partial charge in [0, 0.05) is 12.8 Å². The van der Waals surface area contributed by atoms with Crippen LogP contribution in [0.5, 0.6) is 0 Å². The van der Waals surface area contributed by atoms with Crippen molar-refractivity contribution in [2.24, 2.45) is 11.8 Å². The molecule has 1 saturated carbocycles. The van der Waals surface area contributed by atoms with Crippen molar-refractivity contribution in [3.05, 3.63) is 35.9 Å². The van der Waals surface area contributed by atoms with Gasteiger partial charge in [-0.15, -0.1) is 0 Å². The van der Waals surface area contributed by atoms with E-state index in [1.54, 1.807) is 0 Å². The highest BCUT2D eigenvalue weighted by Gasteiger charge is 2.55. The summed E-state index contributed by atoms with van der Waals surface area (Å²) in [5.74, 6) is -2.90. The van der Waals surface area contributed by atoms with Gasteiger partial charge in [-0.2, -0.15) is 0 Å². The normalized spacial score (nSPS) is 25.4. The fraction of sp³-hybridized carbons (Fsp3) is 0.529. The molecule has 2 atom stereocenters. The smallest absolute Gasteiger partial charge is 0.310 e. The van der Waals surface area contributed by atoms with Crippen LogP contribution in [0.2, 0.25) is 0 Å². The van der Waals surface area contributed by atoms with Gasteiger partial charge in [-0.3, -0.25) is 9.59 Å². The summed E-state index contributed by atoms with van der Waals surface area (Å²) in [5.41, 5.74) is 0.900. The third kappa shape index (κ3) is 3.38. The van der Waals surface area contributed by atoms with Crippen LogP contribution in [0.4, 0.5) is 0 Å². The van der Waals surface area contributed by atoms with Gasteiger partial charge in [-0.05, 0) is 5.56 Å². The summed E-state index contributed by atoms with van der Waals surface area (Å²) in [5, 5.41) is 0. The molecular formula is C17H20O6. The van der Waals surface area contributed by atoms with E-state index >= 15 is 0 Å². The second-order valence-electron chi connectivity index (χ2n) is 5.85. The molecule has 2 aliphatic rings. The predicted molar refractivity (Wildman–Crippen MR) is 79.1 cm³/mol. The number of carbonyl (C=O) groups is 2. The summed E-state index contributed by atoms with van der Waals surface area (Å²) in [4.78, 5) is 24.5. The monoisotopic (exact) mass is 320 g/mol. The molecule has 1 aliphatic carbocycles. The Hall–Kier alpha value is -1.92. The standard InChI is InChI=1S/C17H20O6/c1-20-15(18)13-9-17(22-7-8-23-17)10-14(13)16(19)21-11-12-5-3-2-4-6-12/h2-6,13-14H,7-11H2,1H3. The van der Waals surface area contributed by atoms with Crippen LogP contribution in [0.25, 0.3) is 0 Å². The molecule has 23 heavy (non-hydrogen) atoms. The molecule has 124 valence electrons. The highest BCUT2D eigenvalue weighted by molar-refractivity contribution is 5.83. The van der Waals surface area contributed by atoms with Gasteiger partial charge in [0.05, 0.1) is 32.2 Å². The fourth-order valence-corrected chi connectivity index (χ4v) is 3.25. The van der Waals surface area contributed by atoms with Crippen LogP contribution < -0.4 is 0 Å². The van der Waals surface area contributed by atoms with Gasteiger partial charge in [-0.1, -0.05) is 30.3 Å². The molecule has 2 unspecified atom stereocenters. The second-order valence-corrected chi connectivity index (χ2v) is 5.85. The molecule has 1 aromatic carbocycles. The lowest BCUT2D eigenvalue weighted by Gasteiger charge is -2.21. The fourth-order valence-electron chi connectivity index (χ4n) is 3.25. The Bertz CT molecular complexity index is 564. The third-order valence-corrected chi connectivity index (χ3v) is 4.39. The lowest BCUT2D eigenvalue weighted by atomic mass is 9.96. The Balaban J connectivity index is 1.67. The number of methoxy groups -OCH3 is 1. The minimum atomic E-state index is -0.852. The minimum absolute atomic E-state index is 0.179. The van der Waals surface area contributed by atoms with E-state index in [1.807, 2.05) is 30.3 Å². The molecule has 0 amide bonds. The van der Waals surface area contributed by atoms with E-state index in [0.717, 1.165) is 5.56 Å². The first-order valence-electron chi connectivity index (χ1n) is 7.70. The summed E-state index contributed by atoms with van der Waals surface area (Å²) >= 11 is 0. The van der Waals surface area contributed by atoms with E-state index in [4.69, 9.17) is 18.9 Å². The highest BCUT2D eigenvalue weighted by Crippen LogP contribution is 2.45. The number of ether oxygens (including phenoxy) is 4. The zero-order valence-electron chi connectivity index (χ0n) is 13.0. The van der Waals surface area contributed by atoms with Crippen LogP contribution in [0.1, 0.15) is 18.4 Å². The summed E-state index contributed by atoms with van der Waals surface area (Å²) in [7, 11) is 1.32. The van der Waals surface area contributed by atoms with Crippen molar-refractivity contribution in [3.63, 3.8) is 0 Å². The topological polar surface area (TPSA) is 71.1 Å². The number of hydrogen-bond donors (Lipinski definition) is 0. The van der Waals surface area contributed by atoms with Gasteiger partial charge < -0.3 is 18.9 Å². The number of hydrogen-bond acceptors (Lipinski definition) is 6. The lowest BCUT2D eigenvalue weighted by Crippen LogP contribution is -2.28. The average molecular weight is 320 g/mol. The van der Waals surface area contributed by atoms with Crippen LogP contribution >= 0.6 is 0 Å². The Kier molecular flexibility index (Phi) is 4.63. The van der Waals surface area contributed by atoms with Crippen LogP contribution in [-0.2, 0) is 35.1 Å². The van der Waals surface area contributed by atoms with Crippen LogP contribution in [-0.4, -0.2) is 38.0 Å². The van der Waals surface area contributed by atoms with Gasteiger partial charge in [-0.25, -0.2) is 0 Å². The van der Waals surface area contributed by atoms with Crippen molar-refractivity contribution < 1.29 is 28.5 Å². The quantitative estimate of drug-likeness (QED) is 0.786. The molecule has 1 heterocycles. The summed E-state index contributed by atoms with van der Waals surface area (Å²) in [6, 6.07) is 9.42. The Labute approximate surface area is 134 Å². The van der Waals surface area contributed by atoms with Crippen molar-refractivity contribution in [3.8, 4) is 0 Å². The lowest BCUT2D eigenvalue weighted by molar-refractivity contribution is -0.163. The first kappa shape index (κ1) is 16.0. The van der Waals surface area contributed by atoms with Crippen LogP contribution in [0.3, 0.4) is 0 Å². The van der Waals surface area contributed by atoms with E-state index in [0.29, 0.717) is 26.1 Å². The number of esters is 2. The van der Waals surface area contributed by atoms with Gasteiger partial charge in [0.2, 0.25) is 0 Å². The molecule has 6 nitrogen and oxygen atoms in total. The molecule has 6 heteroatoms. The van der Waals surface area contributed by atoms with Gasteiger partial charge in [0.1, 0.15) is 6.61 Å². The second kappa shape index (κ2) is 6.68. The zero-order valence-corrected chi connectivity index (χ0v) is 13.0. The molecule has 3 rings (SSSR count). The number of carbonyl (C=O) groups excluding carboxylic acids is 2. The van der Waals surface area contributed by atoms with E-state index < -0.39 is 29.6 Å². The van der Waals surface area contributed by atoms with Gasteiger partial charge in [0.15, 0.2) is 5.79 Å². The average Bonchev–Trinajstić information content (AvgIpc) is 3.20. The van der Waals surface area contributed by atoms with Crippen molar-refractivity contribution in [2.75, 3.05) is 20.3 Å². The van der Waals surface area contributed by atoms with E-state index in [9.17, 15) is 9.59 Å². The molecule has 1 aromatic rings. The number of benzene rings is 1. The van der Waals surface area contributed by atoms with E-state index in [-0.39, 0.29) is 6.61 Å². The maximum atomic E-state index is 12.4. The maximum absolute atomic E-state index is 12.4. The van der Waals surface area contributed by atoms with Crippen LogP contribution in [0, 0.1) is 11.8 Å². The third-order valence-electron chi connectivity index (χ3n) is 4.39. The first-order valence-corrected chi connectivity index (χ1v) is 7.70. The summed E-state index contributed by atoms with van der Waals surface area (Å²) in [6.45, 7) is 1.12. The van der Waals surface area contributed by atoms with Gasteiger partial charge in [0.25, 0.3) is 0 Å². The SMILES string of the molecule is COC(=O)C1CC2(CC1C(=O)OCc1ccccc1)OCCO2. The van der Waals surface area contributed by atoms with Crippen molar-refractivity contribution in [1.82, 2.24) is 0 Å². The molecule has 1 spiro atoms. The molecule has 1 aliphatic heterocycles. The maximum Gasteiger partial charge on any atom is 0.310 e. The molecule has 0 radical (unpaired) electrons.